The van der Waals surface area contributed by atoms with Crippen LogP contribution in [-0.4, -0.2) is 45.5 Å². The minimum atomic E-state index is -0.0328. The number of aryl methyl sites for hydroxylation is 2. The molecule has 3 N–H and O–H groups in total. The van der Waals surface area contributed by atoms with Crippen molar-refractivity contribution < 1.29 is 4.79 Å². The number of amides is 1. The molecular weight excluding hydrogens is 340 g/mol. The fraction of sp³-hybridized carbons (Fsp3) is 0.550. The van der Waals surface area contributed by atoms with E-state index in [1.165, 1.54) is 17.7 Å². The quantitative estimate of drug-likeness (QED) is 0.771. The fourth-order valence-electron chi connectivity index (χ4n) is 3.81. The first-order valence-electron chi connectivity index (χ1n) is 9.64. The molecule has 0 saturated heterocycles. The molecule has 3 rings (SSSR count). The number of imidazole rings is 1. The molecule has 1 aliphatic carbocycles. The van der Waals surface area contributed by atoms with Crippen molar-refractivity contribution in [3.63, 3.8) is 0 Å². The van der Waals surface area contributed by atoms with Crippen molar-refractivity contribution in [2.75, 3.05) is 20.1 Å². The summed E-state index contributed by atoms with van der Waals surface area (Å²) in [4.78, 5) is 23.9. The zero-order chi connectivity index (χ0) is 19.4. The number of nitrogens with two attached hydrogens (primary N) is 1. The number of fused-ring (bicyclic) bond motifs is 1. The molecule has 2 aromatic rings. The van der Waals surface area contributed by atoms with Crippen molar-refractivity contribution >= 4 is 5.91 Å². The summed E-state index contributed by atoms with van der Waals surface area (Å²) in [5.74, 6) is 0.882. The molecule has 1 amide bonds. The predicted octanol–water partition coefficient (Wildman–Crippen LogP) is 1.48. The number of carbonyl (C=O) groups excluding carboxylic acids is 1. The molecule has 0 aromatic carbocycles. The predicted molar refractivity (Wildman–Crippen MR) is 105 cm³/mol. The Morgan fingerprint density at radius 2 is 2.26 bits per heavy atom. The highest BCUT2D eigenvalue weighted by Gasteiger charge is 2.26. The van der Waals surface area contributed by atoms with E-state index in [0.717, 1.165) is 30.1 Å². The number of hydrogen-bond donors (Lipinski definition) is 2. The molecule has 1 unspecified atom stereocenters. The average molecular weight is 371 g/mol. The van der Waals surface area contributed by atoms with E-state index in [4.69, 9.17) is 10.7 Å². The van der Waals surface area contributed by atoms with Crippen LogP contribution in [0.4, 0.5) is 0 Å². The maximum absolute atomic E-state index is 12.2. The summed E-state index contributed by atoms with van der Waals surface area (Å²) in [6, 6.07) is 4.48. The summed E-state index contributed by atoms with van der Waals surface area (Å²) in [6.07, 6.45) is 5.24. The van der Waals surface area contributed by atoms with Gasteiger partial charge in [-0.05, 0) is 51.8 Å². The van der Waals surface area contributed by atoms with Crippen LogP contribution in [0, 0.1) is 13.8 Å². The molecule has 7 heteroatoms. The Labute approximate surface area is 161 Å². The molecule has 2 heterocycles. The summed E-state index contributed by atoms with van der Waals surface area (Å²) in [5, 5.41) is 2.84. The van der Waals surface area contributed by atoms with E-state index in [9.17, 15) is 4.79 Å². The van der Waals surface area contributed by atoms with Gasteiger partial charge in [-0.15, -0.1) is 0 Å². The summed E-state index contributed by atoms with van der Waals surface area (Å²) in [6.45, 7) is 5.89. The van der Waals surface area contributed by atoms with E-state index in [2.05, 4.69) is 28.3 Å². The lowest BCUT2D eigenvalue weighted by Crippen LogP contribution is -2.33. The lowest BCUT2D eigenvalue weighted by Gasteiger charge is -2.32. The Morgan fingerprint density at radius 1 is 1.44 bits per heavy atom. The van der Waals surface area contributed by atoms with Crippen LogP contribution in [0.25, 0.3) is 0 Å². The van der Waals surface area contributed by atoms with Crippen LogP contribution < -0.4 is 11.1 Å². The van der Waals surface area contributed by atoms with Gasteiger partial charge in [0, 0.05) is 25.0 Å². The zero-order valence-corrected chi connectivity index (χ0v) is 16.5. The molecule has 7 nitrogen and oxygen atoms in total. The third-order valence-corrected chi connectivity index (χ3v) is 5.39. The van der Waals surface area contributed by atoms with Gasteiger partial charge < -0.3 is 15.6 Å². The van der Waals surface area contributed by atoms with Crippen LogP contribution in [-0.2, 0) is 24.3 Å². The Bertz CT molecular complexity index is 800. The second-order valence-corrected chi connectivity index (χ2v) is 7.29. The van der Waals surface area contributed by atoms with Gasteiger partial charge in [0.25, 0.3) is 0 Å². The van der Waals surface area contributed by atoms with Gasteiger partial charge in [-0.1, -0.05) is 6.07 Å². The summed E-state index contributed by atoms with van der Waals surface area (Å²) >= 11 is 0. The van der Waals surface area contributed by atoms with Crippen LogP contribution in [0.15, 0.2) is 18.3 Å². The van der Waals surface area contributed by atoms with E-state index >= 15 is 0 Å². The van der Waals surface area contributed by atoms with Gasteiger partial charge in [0.2, 0.25) is 5.91 Å². The molecule has 1 atom stereocenters. The molecule has 0 aliphatic heterocycles. The van der Waals surface area contributed by atoms with E-state index in [0.29, 0.717) is 19.6 Å². The highest BCUT2D eigenvalue weighted by molar-refractivity contribution is 5.75. The monoisotopic (exact) mass is 370 g/mol. The van der Waals surface area contributed by atoms with Crippen molar-refractivity contribution in [3.05, 3.63) is 46.8 Å². The van der Waals surface area contributed by atoms with Crippen LogP contribution in [0.2, 0.25) is 0 Å². The first-order chi connectivity index (χ1) is 13.0. The summed E-state index contributed by atoms with van der Waals surface area (Å²) < 4.78 is 2.01. The van der Waals surface area contributed by atoms with E-state index in [1.807, 2.05) is 30.7 Å². The van der Waals surface area contributed by atoms with Gasteiger partial charge in [-0.2, -0.15) is 0 Å². The fourth-order valence-corrected chi connectivity index (χ4v) is 3.81. The van der Waals surface area contributed by atoms with Gasteiger partial charge >= 0.3 is 0 Å². The zero-order valence-electron chi connectivity index (χ0n) is 16.5. The minimum absolute atomic E-state index is 0.0328. The SMILES string of the molecule is Cc1nc(CN(C)C2CCCc3cccnc32)n(CC(=O)NCCN)c1C. The third-order valence-electron chi connectivity index (χ3n) is 5.39. The maximum atomic E-state index is 12.2. The van der Waals surface area contributed by atoms with Gasteiger partial charge in [0.05, 0.1) is 24.0 Å². The standard InChI is InChI=1S/C20H30N6O/c1-14-15(2)26(13-19(27)22-11-9-21)18(24-14)12-25(3)17-8-4-6-16-7-5-10-23-20(16)17/h5,7,10,17H,4,6,8-9,11-13,21H2,1-3H3,(H,22,27). The molecule has 0 fully saturated rings. The molecule has 0 spiro atoms. The smallest absolute Gasteiger partial charge is 0.240 e. The largest absolute Gasteiger partial charge is 0.353 e. The second-order valence-electron chi connectivity index (χ2n) is 7.29. The number of hydrogen-bond acceptors (Lipinski definition) is 5. The van der Waals surface area contributed by atoms with Crippen molar-refractivity contribution in [2.24, 2.45) is 5.73 Å². The van der Waals surface area contributed by atoms with Gasteiger partial charge in [-0.25, -0.2) is 4.98 Å². The Hall–Kier alpha value is -2.25. The Morgan fingerprint density at radius 3 is 3.04 bits per heavy atom. The van der Waals surface area contributed by atoms with Crippen molar-refractivity contribution in [3.8, 4) is 0 Å². The Balaban J connectivity index is 1.78. The van der Waals surface area contributed by atoms with Crippen LogP contribution in [0.3, 0.4) is 0 Å². The van der Waals surface area contributed by atoms with Crippen molar-refractivity contribution in [2.45, 2.75) is 52.2 Å². The number of rotatable bonds is 7. The van der Waals surface area contributed by atoms with Crippen molar-refractivity contribution in [1.29, 1.82) is 0 Å². The second kappa shape index (κ2) is 8.63. The number of carbonyl (C=O) groups is 1. The lowest BCUT2D eigenvalue weighted by molar-refractivity contribution is -0.121. The van der Waals surface area contributed by atoms with Crippen molar-refractivity contribution in [1.82, 2.24) is 24.8 Å². The Kier molecular flexibility index (Phi) is 6.23. The molecule has 146 valence electrons. The van der Waals surface area contributed by atoms with Crippen LogP contribution in [0.1, 0.15) is 47.4 Å². The van der Waals surface area contributed by atoms with E-state index in [1.54, 1.807) is 0 Å². The number of aromatic nitrogens is 3. The summed E-state index contributed by atoms with van der Waals surface area (Å²) in [7, 11) is 2.12. The highest BCUT2D eigenvalue weighted by atomic mass is 16.1. The molecular formula is C20H30N6O. The first kappa shape index (κ1) is 19.5. The van der Waals surface area contributed by atoms with Gasteiger partial charge in [0.15, 0.2) is 0 Å². The number of pyridine rings is 1. The number of nitrogens with zero attached hydrogens (tertiary/aromatic N) is 4. The molecule has 2 aromatic heterocycles. The highest BCUT2D eigenvalue weighted by Crippen LogP contribution is 2.32. The molecule has 1 aliphatic rings. The maximum Gasteiger partial charge on any atom is 0.240 e. The van der Waals surface area contributed by atoms with Gasteiger partial charge in [0.1, 0.15) is 12.4 Å². The lowest BCUT2D eigenvalue weighted by atomic mass is 9.91. The number of nitrogens with one attached hydrogen (secondary N) is 1. The van der Waals surface area contributed by atoms with E-state index in [-0.39, 0.29) is 18.5 Å². The summed E-state index contributed by atoms with van der Waals surface area (Å²) in [5.41, 5.74) is 10.00. The molecule has 0 radical (unpaired) electrons. The third kappa shape index (κ3) is 4.36. The van der Waals surface area contributed by atoms with Crippen LogP contribution in [0.5, 0.6) is 0 Å². The normalized spacial score (nSPS) is 16.4. The average Bonchev–Trinajstić information content (AvgIpc) is 2.93. The molecule has 27 heavy (non-hydrogen) atoms. The van der Waals surface area contributed by atoms with Crippen LogP contribution >= 0.6 is 0 Å². The molecule has 0 saturated carbocycles. The van der Waals surface area contributed by atoms with E-state index < -0.39 is 0 Å². The first-order valence-corrected chi connectivity index (χ1v) is 9.64. The van der Waals surface area contributed by atoms with Gasteiger partial charge in [-0.3, -0.25) is 14.7 Å². The topological polar surface area (TPSA) is 89.1 Å². The minimum Gasteiger partial charge on any atom is -0.353 e. The molecule has 0 bridgehead atoms.